The second-order valence-corrected chi connectivity index (χ2v) is 6.88. The summed E-state index contributed by atoms with van der Waals surface area (Å²) in [5.41, 5.74) is 0.193. The smallest absolute Gasteiger partial charge is 0.309 e. The molecule has 1 heterocycles. The van der Waals surface area contributed by atoms with Gasteiger partial charge in [-0.25, -0.2) is 0 Å². The van der Waals surface area contributed by atoms with E-state index in [-0.39, 0.29) is 29.3 Å². The van der Waals surface area contributed by atoms with Crippen molar-refractivity contribution in [1.29, 1.82) is 0 Å². The first-order chi connectivity index (χ1) is 8.42. The Morgan fingerprint density at radius 1 is 1.22 bits per heavy atom. The molecule has 0 amide bonds. The van der Waals surface area contributed by atoms with E-state index in [2.05, 4.69) is 13.8 Å². The number of carbonyl (C=O) groups is 2. The highest BCUT2D eigenvalue weighted by Crippen LogP contribution is 2.56. The number of carbonyl (C=O) groups excluding carboxylic acids is 2. The third kappa shape index (κ3) is 1.55. The molecule has 0 unspecified atom stereocenters. The Balaban J connectivity index is 1.89. The van der Waals surface area contributed by atoms with E-state index in [1.54, 1.807) is 0 Å². The highest BCUT2D eigenvalue weighted by molar-refractivity contribution is 5.82. The fourth-order valence-electron chi connectivity index (χ4n) is 4.53. The predicted octanol–water partition coefficient (Wildman–Crippen LogP) is 2.58. The van der Waals surface area contributed by atoms with Crippen molar-refractivity contribution in [2.45, 2.75) is 52.6 Å². The zero-order valence-corrected chi connectivity index (χ0v) is 11.4. The second kappa shape index (κ2) is 3.82. The Bertz CT molecular complexity index is 403. The van der Waals surface area contributed by atoms with Crippen molar-refractivity contribution >= 4 is 11.8 Å². The Kier molecular flexibility index (Phi) is 2.58. The van der Waals surface area contributed by atoms with Crippen molar-refractivity contribution in [2.75, 3.05) is 0 Å². The van der Waals surface area contributed by atoms with Gasteiger partial charge in [0.05, 0.1) is 5.92 Å². The van der Waals surface area contributed by atoms with Crippen LogP contribution in [0.25, 0.3) is 0 Å². The van der Waals surface area contributed by atoms with Crippen molar-refractivity contribution in [2.24, 2.45) is 29.1 Å². The second-order valence-electron chi connectivity index (χ2n) is 6.88. The van der Waals surface area contributed by atoms with Gasteiger partial charge in [0.2, 0.25) is 0 Å². The summed E-state index contributed by atoms with van der Waals surface area (Å²) in [5, 5.41) is 0. The quantitative estimate of drug-likeness (QED) is 0.621. The van der Waals surface area contributed by atoms with Crippen LogP contribution >= 0.6 is 0 Å². The molecule has 18 heavy (non-hydrogen) atoms. The van der Waals surface area contributed by atoms with Crippen molar-refractivity contribution in [3.05, 3.63) is 0 Å². The van der Waals surface area contributed by atoms with Gasteiger partial charge in [-0.2, -0.15) is 0 Å². The van der Waals surface area contributed by atoms with E-state index < -0.39 is 0 Å². The zero-order chi connectivity index (χ0) is 13.1. The van der Waals surface area contributed by atoms with Crippen molar-refractivity contribution < 1.29 is 14.3 Å². The third-order valence-corrected chi connectivity index (χ3v) is 5.90. The van der Waals surface area contributed by atoms with Crippen molar-refractivity contribution in [3.63, 3.8) is 0 Å². The molecule has 0 bridgehead atoms. The Hall–Kier alpha value is -0.860. The molecule has 3 rings (SSSR count). The van der Waals surface area contributed by atoms with Crippen LogP contribution in [0.1, 0.15) is 46.5 Å². The lowest BCUT2D eigenvalue weighted by molar-refractivity contribution is -0.148. The topological polar surface area (TPSA) is 43.4 Å². The highest BCUT2D eigenvalue weighted by Gasteiger charge is 2.55. The summed E-state index contributed by atoms with van der Waals surface area (Å²) in [6.07, 6.45) is 3.72. The number of Topliss-reactive ketones (excluding diaryl/α,β-unsaturated/α-hetero) is 1. The van der Waals surface area contributed by atoms with Gasteiger partial charge < -0.3 is 4.74 Å². The largest absolute Gasteiger partial charge is 0.462 e. The van der Waals surface area contributed by atoms with Gasteiger partial charge in [0.1, 0.15) is 11.9 Å². The van der Waals surface area contributed by atoms with Gasteiger partial charge >= 0.3 is 5.97 Å². The molecule has 1 aliphatic heterocycles. The maximum absolute atomic E-state index is 11.9. The highest BCUT2D eigenvalue weighted by atomic mass is 16.6. The maximum Gasteiger partial charge on any atom is 0.309 e. The Morgan fingerprint density at radius 2 is 1.94 bits per heavy atom. The molecule has 3 nitrogen and oxygen atoms in total. The molecule has 0 aromatic heterocycles. The minimum Gasteiger partial charge on any atom is -0.462 e. The van der Waals surface area contributed by atoms with E-state index in [1.165, 1.54) is 0 Å². The molecule has 100 valence electrons. The number of ether oxygens (including phenoxy) is 1. The van der Waals surface area contributed by atoms with Crippen LogP contribution in [-0.2, 0) is 14.3 Å². The van der Waals surface area contributed by atoms with Crippen LogP contribution in [0, 0.1) is 29.1 Å². The van der Waals surface area contributed by atoms with E-state index in [0.717, 1.165) is 19.3 Å². The summed E-state index contributed by atoms with van der Waals surface area (Å²) < 4.78 is 5.53. The lowest BCUT2D eigenvalue weighted by Crippen LogP contribution is -2.48. The predicted molar refractivity (Wildman–Crippen MR) is 66.8 cm³/mol. The van der Waals surface area contributed by atoms with Gasteiger partial charge in [-0.1, -0.05) is 20.8 Å². The van der Waals surface area contributed by atoms with E-state index in [0.29, 0.717) is 24.0 Å². The third-order valence-electron chi connectivity index (χ3n) is 5.90. The summed E-state index contributed by atoms with van der Waals surface area (Å²) >= 11 is 0. The lowest BCUT2D eigenvalue weighted by atomic mass is 9.53. The fraction of sp³-hybridized carbons (Fsp3) is 0.867. The number of rotatable bonds is 0. The van der Waals surface area contributed by atoms with Crippen LogP contribution in [0.4, 0.5) is 0 Å². The van der Waals surface area contributed by atoms with Crippen LogP contribution < -0.4 is 0 Å². The Morgan fingerprint density at radius 3 is 2.67 bits per heavy atom. The fourth-order valence-corrected chi connectivity index (χ4v) is 4.53. The van der Waals surface area contributed by atoms with Crippen LogP contribution in [0.2, 0.25) is 0 Å². The van der Waals surface area contributed by atoms with Gasteiger partial charge in [0.25, 0.3) is 0 Å². The van der Waals surface area contributed by atoms with Crippen LogP contribution in [0.15, 0.2) is 0 Å². The molecular formula is C15H22O3. The summed E-state index contributed by atoms with van der Waals surface area (Å²) in [6.45, 7) is 6.34. The molecule has 6 atom stereocenters. The number of ketones is 1. The maximum atomic E-state index is 11.9. The SMILES string of the molecule is C[C@@H]1C(=O)O[C@H]2C[C@@]3(C)CCC(=O)[C@@H](C)[C@@H]3C[C@@H]21. The number of esters is 1. The molecule has 2 saturated carbocycles. The average Bonchev–Trinajstić information content (AvgIpc) is 2.58. The van der Waals surface area contributed by atoms with Gasteiger partial charge in [-0.15, -0.1) is 0 Å². The standard InChI is InChI=1S/C15H22O3/c1-8-10-6-11-9(2)12(16)4-5-15(11,3)7-13(10)18-14(8)17/h8-11,13H,4-7H2,1-3H3/t8-,9-,10+,11-,13-,15+/m0/s1. The lowest BCUT2D eigenvalue weighted by Gasteiger charge is -2.51. The summed E-state index contributed by atoms with van der Waals surface area (Å²) in [6, 6.07) is 0. The van der Waals surface area contributed by atoms with Crippen molar-refractivity contribution in [1.82, 2.24) is 0 Å². The molecule has 3 aliphatic rings. The molecule has 1 saturated heterocycles. The first-order valence-electron chi connectivity index (χ1n) is 7.15. The molecule has 3 fully saturated rings. The minimum absolute atomic E-state index is 0.0174. The molecule has 0 N–H and O–H groups in total. The van der Waals surface area contributed by atoms with E-state index in [9.17, 15) is 9.59 Å². The molecule has 0 radical (unpaired) electrons. The van der Waals surface area contributed by atoms with Gasteiger partial charge in [-0.05, 0) is 30.6 Å². The summed E-state index contributed by atoms with van der Waals surface area (Å²) in [5.74, 6) is 1.33. The molecule has 2 aliphatic carbocycles. The molecule has 0 aromatic rings. The van der Waals surface area contributed by atoms with Crippen molar-refractivity contribution in [3.8, 4) is 0 Å². The molecule has 0 aromatic carbocycles. The summed E-state index contributed by atoms with van der Waals surface area (Å²) in [4.78, 5) is 23.6. The Labute approximate surface area is 108 Å². The van der Waals surface area contributed by atoms with Gasteiger partial charge in [-0.3, -0.25) is 9.59 Å². The van der Waals surface area contributed by atoms with E-state index in [1.807, 2.05) is 6.92 Å². The van der Waals surface area contributed by atoms with E-state index >= 15 is 0 Å². The molecule has 0 spiro atoms. The number of hydrogen-bond acceptors (Lipinski definition) is 3. The number of fused-ring (bicyclic) bond motifs is 2. The van der Waals surface area contributed by atoms with Crippen LogP contribution in [-0.4, -0.2) is 17.9 Å². The minimum atomic E-state index is -0.0359. The van der Waals surface area contributed by atoms with Crippen LogP contribution in [0.3, 0.4) is 0 Å². The average molecular weight is 250 g/mol. The first kappa shape index (κ1) is 12.2. The molecule has 3 heteroatoms. The number of hydrogen-bond donors (Lipinski definition) is 0. The monoisotopic (exact) mass is 250 g/mol. The zero-order valence-electron chi connectivity index (χ0n) is 11.4. The van der Waals surface area contributed by atoms with E-state index in [4.69, 9.17) is 4.74 Å². The van der Waals surface area contributed by atoms with Crippen LogP contribution in [0.5, 0.6) is 0 Å². The first-order valence-corrected chi connectivity index (χ1v) is 7.15. The molecular weight excluding hydrogens is 228 g/mol. The normalized spacial score (nSPS) is 51.6. The summed E-state index contributed by atoms with van der Waals surface area (Å²) in [7, 11) is 0. The van der Waals surface area contributed by atoms with Gasteiger partial charge in [0.15, 0.2) is 0 Å². The van der Waals surface area contributed by atoms with Gasteiger partial charge in [0, 0.05) is 18.3 Å².